The zero-order valence-corrected chi connectivity index (χ0v) is 16.3. The summed E-state index contributed by atoms with van der Waals surface area (Å²) in [6, 6.07) is 7.46. The van der Waals surface area contributed by atoms with Gasteiger partial charge in [-0.1, -0.05) is 35.5 Å². The molecule has 0 unspecified atom stereocenters. The molecule has 1 aromatic heterocycles. The lowest BCUT2D eigenvalue weighted by Gasteiger charge is -2.43. The molecule has 0 saturated carbocycles. The molecule has 28 heavy (non-hydrogen) atoms. The smallest absolute Gasteiger partial charge is 0.327 e. The largest absolute Gasteiger partial charge is 0.480 e. The van der Waals surface area contributed by atoms with Crippen molar-refractivity contribution in [1.29, 1.82) is 0 Å². The van der Waals surface area contributed by atoms with Crippen LogP contribution in [0.25, 0.3) is 11.3 Å². The number of carbonyl (C=O) groups excluding carboxylic acids is 2. The Labute approximate surface area is 165 Å². The molecular formula is C19H19N3O5S. The van der Waals surface area contributed by atoms with E-state index in [0.717, 1.165) is 5.56 Å². The topological polar surface area (TPSA) is 113 Å². The quantitative estimate of drug-likeness (QED) is 0.752. The van der Waals surface area contributed by atoms with E-state index in [1.54, 1.807) is 20.8 Å². The second-order valence-electron chi connectivity index (χ2n) is 7.38. The van der Waals surface area contributed by atoms with E-state index in [-0.39, 0.29) is 11.5 Å². The van der Waals surface area contributed by atoms with Crippen LogP contribution in [0.2, 0.25) is 0 Å². The molecule has 2 aliphatic rings. The highest BCUT2D eigenvalue weighted by atomic mass is 32.2. The van der Waals surface area contributed by atoms with E-state index >= 15 is 0 Å². The average Bonchev–Trinajstić information content (AvgIpc) is 3.15. The van der Waals surface area contributed by atoms with E-state index in [9.17, 15) is 19.5 Å². The molecule has 0 bridgehead atoms. The van der Waals surface area contributed by atoms with Gasteiger partial charge in [-0.25, -0.2) is 4.79 Å². The third-order valence-electron chi connectivity index (χ3n) is 5.10. The number of benzene rings is 1. The lowest BCUT2D eigenvalue weighted by molar-refractivity contribution is -0.159. The van der Waals surface area contributed by atoms with Crippen LogP contribution in [0, 0.1) is 6.92 Å². The van der Waals surface area contributed by atoms with Gasteiger partial charge in [-0.05, 0) is 20.8 Å². The second kappa shape index (κ2) is 6.37. The van der Waals surface area contributed by atoms with Crippen molar-refractivity contribution >= 4 is 29.5 Å². The number of amides is 2. The van der Waals surface area contributed by atoms with Gasteiger partial charge in [0.25, 0.3) is 5.91 Å². The van der Waals surface area contributed by atoms with Gasteiger partial charge in [0.15, 0.2) is 0 Å². The predicted octanol–water partition coefficient (Wildman–Crippen LogP) is 1.90. The molecule has 2 amide bonds. The number of hydrogen-bond donors (Lipinski definition) is 2. The van der Waals surface area contributed by atoms with Crippen molar-refractivity contribution < 1.29 is 24.0 Å². The first-order chi connectivity index (χ1) is 13.2. The van der Waals surface area contributed by atoms with E-state index < -0.39 is 34.1 Å². The fourth-order valence-corrected chi connectivity index (χ4v) is 5.42. The van der Waals surface area contributed by atoms with Gasteiger partial charge in [0.1, 0.15) is 34.5 Å². The Morgan fingerprint density at radius 1 is 1.29 bits per heavy atom. The number of aliphatic carboxylic acids is 1. The van der Waals surface area contributed by atoms with Crippen LogP contribution in [0.5, 0.6) is 0 Å². The first kappa shape index (κ1) is 18.5. The minimum atomic E-state index is -1.04. The molecule has 146 valence electrons. The van der Waals surface area contributed by atoms with Crippen molar-refractivity contribution in [3.05, 3.63) is 41.7 Å². The van der Waals surface area contributed by atoms with E-state index in [0.29, 0.717) is 11.5 Å². The zero-order chi connectivity index (χ0) is 20.2. The predicted molar refractivity (Wildman–Crippen MR) is 102 cm³/mol. The normalized spacial score (nSPS) is 25.2. The summed E-state index contributed by atoms with van der Waals surface area (Å²) >= 11 is 1.38. The van der Waals surface area contributed by atoms with Gasteiger partial charge in [0.05, 0.1) is 0 Å². The zero-order valence-electron chi connectivity index (χ0n) is 15.5. The molecule has 3 heterocycles. The highest BCUT2D eigenvalue weighted by Crippen LogP contribution is 2.50. The fourth-order valence-electron chi connectivity index (χ4n) is 3.79. The SMILES string of the molecule is Cc1onc(-c2ccccc2)c1C(=O)N[C@@H]1C(=O)N2[C@@H](C(=O)O)C(C)(C)S[C@@H]12. The molecule has 3 atom stereocenters. The molecular weight excluding hydrogens is 382 g/mol. The van der Waals surface area contributed by atoms with E-state index in [4.69, 9.17) is 4.52 Å². The van der Waals surface area contributed by atoms with Gasteiger partial charge in [-0.2, -0.15) is 0 Å². The van der Waals surface area contributed by atoms with Crippen LogP contribution in [-0.2, 0) is 9.59 Å². The summed E-state index contributed by atoms with van der Waals surface area (Å²) in [5.41, 5.74) is 1.41. The Balaban J connectivity index is 1.58. The number of carbonyl (C=O) groups is 3. The maximum absolute atomic E-state index is 12.9. The Hall–Kier alpha value is -2.81. The number of hydrogen-bond acceptors (Lipinski definition) is 6. The highest BCUT2D eigenvalue weighted by molar-refractivity contribution is 8.01. The number of aryl methyl sites for hydroxylation is 1. The number of nitrogens with zero attached hydrogens (tertiary/aromatic N) is 2. The third kappa shape index (κ3) is 2.69. The number of aromatic nitrogens is 1. The lowest BCUT2D eigenvalue weighted by Crippen LogP contribution is -2.70. The van der Waals surface area contributed by atoms with Gasteiger partial charge in [-0.15, -0.1) is 11.8 Å². The maximum Gasteiger partial charge on any atom is 0.327 e. The number of fused-ring (bicyclic) bond motifs is 1. The minimum absolute atomic E-state index is 0.273. The Bertz CT molecular complexity index is 971. The molecule has 0 aliphatic carbocycles. The molecule has 9 heteroatoms. The van der Waals surface area contributed by atoms with Crippen molar-refractivity contribution in [3.8, 4) is 11.3 Å². The van der Waals surface area contributed by atoms with Crippen molar-refractivity contribution in [3.63, 3.8) is 0 Å². The van der Waals surface area contributed by atoms with E-state index in [2.05, 4.69) is 10.5 Å². The summed E-state index contributed by atoms with van der Waals surface area (Å²) in [7, 11) is 0. The van der Waals surface area contributed by atoms with Crippen LogP contribution in [0.4, 0.5) is 0 Å². The second-order valence-corrected chi connectivity index (χ2v) is 9.15. The fraction of sp³-hybridized carbons (Fsp3) is 0.368. The highest BCUT2D eigenvalue weighted by Gasteiger charge is 2.64. The molecule has 2 N–H and O–H groups in total. The van der Waals surface area contributed by atoms with Gasteiger partial charge in [0.2, 0.25) is 5.91 Å². The van der Waals surface area contributed by atoms with Crippen molar-refractivity contribution in [2.24, 2.45) is 0 Å². The Kier molecular flexibility index (Phi) is 4.22. The van der Waals surface area contributed by atoms with Crippen LogP contribution in [0.1, 0.15) is 30.0 Å². The molecule has 2 aliphatic heterocycles. The minimum Gasteiger partial charge on any atom is -0.480 e. The molecule has 1 aromatic carbocycles. The summed E-state index contributed by atoms with van der Waals surface area (Å²) in [5, 5.41) is 15.8. The average molecular weight is 401 g/mol. The number of β-lactam (4-membered cyclic amide) rings is 1. The first-order valence-corrected chi connectivity index (χ1v) is 9.65. The number of thioether (sulfide) groups is 1. The van der Waals surface area contributed by atoms with Crippen molar-refractivity contribution in [1.82, 2.24) is 15.4 Å². The van der Waals surface area contributed by atoms with E-state index in [1.807, 2.05) is 30.3 Å². The molecule has 0 spiro atoms. The standard InChI is InChI=1S/C19H19N3O5S/c1-9-11(12(21-27-9)10-7-5-4-6-8-10)15(23)20-13-16(24)22-14(18(25)26)19(2,3)28-17(13)22/h4-8,13-14,17H,1-3H3,(H,20,23)(H,25,26)/t13-,14+,17+/m1/s1. The summed E-state index contributed by atoms with van der Waals surface area (Å²) in [4.78, 5) is 38.5. The first-order valence-electron chi connectivity index (χ1n) is 8.77. The van der Waals surface area contributed by atoms with Crippen LogP contribution in [0.3, 0.4) is 0 Å². The molecule has 4 rings (SSSR count). The number of carboxylic acids is 1. The van der Waals surface area contributed by atoms with E-state index in [1.165, 1.54) is 16.7 Å². The van der Waals surface area contributed by atoms with Crippen molar-refractivity contribution in [2.45, 2.75) is 43.0 Å². The van der Waals surface area contributed by atoms with Crippen LogP contribution in [-0.4, -0.2) is 55.2 Å². The molecule has 2 saturated heterocycles. The van der Waals surface area contributed by atoms with Gasteiger partial charge < -0.3 is 19.8 Å². The molecule has 2 aromatic rings. The lowest BCUT2D eigenvalue weighted by atomic mass is 9.95. The van der Waals surface area contributed by atoms with Crippen LogP contribution < -0.4 is 5.32 Å². The Morgan fingerprint density at radius 3 is 2.61 bits per heavy atom. The summed E-state index contributed by atoms with van der Waals surface area (Å²) in [6.45, 7) is 5.22. The summed E-state index contributed by atoms with van der Waals surface area (Å²) < 4.78 is 4.57. The van der Waals surface area contributed by atoms with Gasteiger partial charge >= 0.3 is 5.97 Å². The number of rotatable bonds is 4. The summed E-state index contributed by atoms with van der Waals surface area (Å²) in [6.07, 6.45) is 0. The van der Waals surface area contributed by atoms with Crippen molar-refractivity contribution in [2.75, 3.05) is 0 Å². The third-order valence-corrected chi connectivity index (χ3v) is 6.67. The van der Waals surface area contributed by atoms with Crippen LogP contribution in [0.15, 0.2) is 34.9 Å². The number of nitrogens with one attached hydrogen (secondary N) is 1. The molecule has 2 fully saturated rings. The number of carboxylic acid groups (broad SMARTS) is 1. The van der Waals surface area contributed by atoms with Gasteiger partial charge in [-0.3, -0.25) is 9.59 Å². The monoisotopic (exact) mass is 401 g/mol. The summed E-state index contributed by atoms with van der Waals surface area (Å²) in [5.74, 6) is -1.55. The maximum atomic E-state index is 12.9. The van der Waals surface area contributed by atoms with Crippen LogP contribution >= 0.6 is 11.8 Å². The Morgan fingerprint density at radius 2 is 1.96 bits per heavy atom. The van der Waals surface area contributed by atoms with Gasteiger partial charge in [0, 0.05) is 10.3 Å². The molecule has 0 radical (unpaired) electrons. The molecule has 8 nitrogen and oxygen atoms in total.